The number of carbonyl (C=O) groups excluding carboxylic acids is 2. The molecule has 1 aromatic heterocycles. The number of amides is 1. The van der Waals surface area contributed by atoms with Gasteiger partial charge in [0.15, 0.2) is 5.12 Å². The molecule has 2 aromatic rings. The van der Waals surface area contributed by atoms with Crippen LogP contribution < -0.4 is 9.64 Å². The molecule has 1 aliphatic rings. The van der Waals surface area contributed by atoms with Crippen LogP contribution in [0.5, 0.6) is 5.75 Å². The van der Waals surface area contributed by atoms with Crippen LogP contribution in [-0.2, 0) is 9.59 Å². The quantitative estimate of drug-likeness (QED) is 0.847. The zero-order chi connectivity index (χ0) is 16.4. The summed E-state index contributed by atoms with van der Waals surface area (Å²) in [6, 6.07) is 7.35. The molecule has 0 aliphatic carbocycles. The zero-order valence-corrected chi connectivity index (χ0v) is 13.5. The van der Waals surface area contributed by atoms with E-state index in [4.69, 9.17) is 9.15 Å². The van der Waals surface area contributed by atoms with Crippen molar-refractivity contribution in [3.63, 3.8) is 0 Å². The Morgan fingerprint density at radius 1 is 1.35 bits per heavy atom. The van der Waals surface area contributed by atoms with Gasteiger partial charge in [0.2, 0.25) is 11.8 Å². The minimum atomic E-state index is -0.117. The number of hydrogen-bond acceptors (Lipinski definition) is 7. The average Bonchev–Trinajstić information content (AvgIpc) is 3.13. The van der Waals surface area contributed by atoms with E-state index in [2.05, 4.69) is 10.2 Å². The Balaban J connectivity index is 1.76. The van der Waals surface area contributed by atoms with E-state index in [0.717, 1.165) is 11.3 Å². The predicted octanol–water partition coefficient (Wildman–Crippen LogP) is 2.13. The minimum Gasteiger partial charge on any atom is -0.497 e. The molecule has 1 aromatic carbocycles. The molecule has 1 aliphatic heterocycles. The number of ether oxygens (including phenoxy) is 1. The highest BCUT2D eigenvalue weighted by Crippen LogP contribution is 2.30. The Bertz CT molecular complexity index is 729. The van der Waals surface area contributed by atoms with E-state index in [1.807, 2.05) is 0 Å². The molecule has 3 rings (SSSR count). The lowest BCUT2D eigenvalue weighted by Gasteiger charge is -2.09. The summed E-state index contributed by atoms with van der Waals surface area (Å²) in [5.74, 6) is 0.944. The second-order valence-corrected chi connectivity index (χ2v) is 6.54. The van der Waals surface area contributed by atoms with Gasteiger partial charge in [-0.3, -0.25) is 14.5 Å². The van der Waals surface area contributed by atoms with Crippen LogP contribution in [0.2, 0.25) is 0 Å². The normalized spacial score (nSPS) is 17.6. The smallest absolute Gasteiger partial charge is 0.325 e. The fourth-order valence-electron chi connectivity index (χ4n) is 2.35. The van der Waals surface area contributed by atoms with E-state index in [1.165, 1.54) is 23.6 Å². The number of rotatable bonds is 4. The Hall–Kier alpha value is -2.35. The van der Waals surface area contributed by atoms with Crippen molar-refractivity contribution in [3.8, 4) is 17.2 Å². The summed E-state index contributed by atoms with van der Waals surface area (Å²) in [6.45, 7) is 1.89. The van der Waals surface area contributed by atoms with E-state index in [0.29, 0.717) is 18.9 Å². The van der Waals surface area contributed by atoms with Crippen molar-refractivity contribution in [1.29, 1.82) is 0 Å². The van der Waals surface area contributed by atoms with Crippen molar-refractivity contribution in [2.24, 2.45) is 0 Å². The van der Waals surface area contributed by atoms with Gasteiger partial charge < -0.3 is 9.15 Å². The molecule has 120 valence electrons. The second-order valence-electron chi connectivity index (χ2n) is 5.06. The SMILES string of the molecule is COc1ccc(-c2nnc(N3CC(SC(C)=O)CC3=O)o2)cc1. The molecule has 1 saturated heterocycles. The number of carbonyl (C=O) groups is 2. The molecule has 0 N–H and O–H groups in total. The van der Waals surface area contributed by atoms with E-state index < -0.39 is 0 Å². The van der Waals surface area contributed by atoms with E-state index in [-0.39, 0.29) is 22.3 Å². The van der Waals surface area contributed by atoms with Crippen LogP contribution in [-0.4, -0.2) is 40.1 Å². The molecule has 1 unspecified atom stereocenters. The lowest BCUT2D eigenvalue weighted by Crippen LogP contribution is -2.25. The first-order valence-corrected chi connectivity index (χ1v) is 7.90. The molecule has 8 heteroatoms. The van der Waals surface area contributed by atoms with Gasteiger partial charge in [0.25, 0.3) is 0 Å². The summed E-state index contributed by atoms with van der Waals surface area (Å²) in [5.41, 5.74) is 0.742. The first-order chi connectivity index (χ1) is 11.1. The van der Waals surface area contributed by atoms with Gasteiger partial charge in [-0.2, -0.15) is 0 Å². The molecule has 23 heavy (non-hydrogen) atoms. The fourth-order valence-corrected chi connectivity index (χ4v) is 3.27. The van der Waals surface area contributed by atoms with Crippen LogP contribution in [0.1, 0.15) is 13.3 Å². The summed E-state index contributed by atoms with van der Waals surface area (Å²) < 4.78 is 10.7. The molecule has 1 fully saturated rings. The van der Waals surface area contributed by atoms with Crippen LogP contribution in [0.25, 0.3) is 11.5 Å². The monoisotopic (exact) mass is 333 g/mol. The standard InChI is InChI=1S/C15H15N3O4S/c1-9(19)23-12-7-13(20)18(8-12)15-17-16-14(22-15)10-3-5-11(21-2)6-4-10/h3-6,12H,7-8H2,1-2H3. The van der Waals surface area contributed by atoms with E-state index in [9.17, 15) is 9.59 Å². The highest BCUT2D eigenvalue weighted by molar-refractivity contribution is 8.14. The molecular formula is C15H15N3O4S. The van der Waals surface area contributed by atoms with Gasteiger partial charge in [-0.15, -0.1) is 5.10 Å². The minimum absolute atomic E-state index is 0.00546. The zero-order valence-electron chi connectivity index (χ0n) is 12.7. The Labute approximate surface area is 137 Å². The summed E-state index contributed by atoms with van der Waals surface area (Å²) in [6.07, 6.45) is 0.296. The number of nitrogens with zero attached hydrogens (tertiary/aromatic N) is 3. The van der Waals surface area contributed by atoms with Gasteiger partial charge in [-0.25, -0.2) is 0 Å². The summed E-state index contributed by atoms with van der Waals surface area (Å²) in [7, 11) is 1.59. The lowest BCUT2D eigenvalue weighted by molar-refractivity contribution is -0.117. The van der Waals surface area contributed by atoms with Gasteiger partial charge in [-0.1, -0.05) is 16.9 Å². The number of aromatic nitrogens is 2. The Morgan fingerprint density at radius 2 is 2.09 bits per heavy atom. The molecule has 1 amide bonds. The summed E-state index contributed by atoms with van der Waals surface area (Å²) in [5, 5.41) is 7.85. The van der Waals surface area contributed by atoms with Crippen molar-refractivity contribution in [1.82, 2.24) is 10.2 Å². The highest BCUT2D eigenvalue weighted by atomic mass is 32.2. The average molecular weight is 333 g/mol. The van der Waals surface area contributed by atoms with Crippen molar-refractivity contribution in [3.05, 3.63) is 24.3 Å². The molecule has 2 heterocycles. The van der Waals surface area contributed by atoms with Crippen LogP contribution in [0.4, 0.5) is 6.01 Å². The van der Waals surface area contributed by atoms with E-state index in [1.54, 1.807) is 31.4 Å². The summed E-state index contributed by atoms with van der Waals surface area (Å²) >= 11 is 1.17. The number of benzene rings is 1. The van der Waals surface area contributed by atoms with Gasteiger partial charge in [0, 0.05) is 30.7 Å². The van der Waals surface area contributed by atoms with Gasteiger partial charge >= 0.3 is 6.01 Å². The van der Waals surface area contributed by atoms with Crippen molar-refractivity contribution < 1.29 is 18.7 Å². The Morgan fingerprint density at radius 3 is 2.74 bits per heavy atom. The van der Waals surface area contributed by atoms with Crippen molar-refractivity contribution >= 4 is 28.8 Å². The molecule has 7 nitrogen and oxygen atoms in total. The number of hydrogen-bond donors (Lipinski definition) is 0. The second kappa shape index (κ2) is 6.41. The molecule has 0 saturated carbocycles. The molecule has 0 spiro atoms. The van der Waals surface area contributed by atoms with Crippen LogP contribution in [0.15, 0.2) is 28.7 Å². The highest BCUT2D eigenvalue weighted by Gasteiger charge is 2.34. The third-order valence-corrected chi connectivity index (χ3v) is 4.39. The van der Waals surface area contributed by atoms with Crippen molar-refractivity contribution in [2.75, 3.05) is 18.6 Å². The van der Waals surface area contributed by atoms with Gasteiger partial charge in [0.05, 0.1) is 7.11 Å². The number of methoxy groups -OCH3 is 1. The summed E-state index contributed by atoms with van der Waals surface area (Å²) in [4.78, 5) is 24.6. The molecule has 0 radical (unpaired) electrons. The number of anilines is 1. The van der Waals surface area contributed by atoms with Crippen LogP contribution >= 0.6 is 11.8 Å². The topological polar surface area (TPSA) is 85.5 Å². The van der Waals surface area contributed by atoms with Crippen LogP contribution in [0.3, 0.4) is 0 Å². The Kier molecular flexibility index (Phi) is 4.33. The third-order valence-electron chi connectivity index (χ3n) is 3.40. The maximum Gasteiger partial charge on any atom is 0.325 e. The lowest BCUT2D eigenvalue weighted by atomic mass is 10.2. The third kappa shape index (κ3) is 3.37. The van der Waals surface area contributed by atoms with E-state index >= 15 is 0 Å². The predicted molar refractivity (Wildman–Crippen MR) is 85.3 cm³/mol. The van der Waals surface area contributed by atoms with Gasteiger partial charge in [0.1, 0.15) is 5.75 Å². The number of thioether (sulfide) groups is 1. The largest absolute Gasteiger partial charge is 0.497 e. The first-order valence-electron chi connectivity index (χ1n) is 7.02. The van der Waals surface area contributed by atoms with Crippen LogP contribution in [0, 0.1) is 0 Å². The fraction of sp³-hybridized carbons (Fsp3) is 0.333. The molecule has 1 atom stereocenters. The maximum atomic E-state index is 12.1. The van der Waals surface area contributed by atoms with Crippen molar-refractivity contribution in [2.45, 2.75) is 18.6 Å². The molecule has 0 bridgehead atoms. The maximum absolute atomic E-state index is 12.1. The molecular weight excluding hydrogens is 318 g/mol. The van der Waals surface area contributed by atoms with Gasteiger partial charge in [-0.05, 0) is 24.3 Å². The first kappa shape index (κ1) is 15.5.